The highest BCUT2D eigenvalue weighted by Crippen LogP contribution is 2.23. The largest absolute Gasteiger partial charge is 0.507 e. The Balaban J connectivity index is 2.43. The number of unbranched alkanes of at least 4 members (excludes halogenated alkanes) is 1. The highest BCUT2D eigenvalue weighted by Gasteiger charge is 2.10. The van der Waals surface area contributed by atoms with Crippen LogP contribution in [0.1, 0.15) is 30.1 Å². The summed E-state index contributed by atoms with van der Waals surface area (Å²) in [6.45, 7) is 3.07. The van der Waals surface area contributed by atoms with Crippen LogP contribution in [0.3, 0.4) is 0 Å². The van der Waals surface area contributed by atoms with Crippen molar-refractivity contribution in [1.29, 1.82) is 5.26 Å². The van der Waals surface area contributed by atoms with Crippen molar-refractivity contribution in [1.82, 2.24) is 0 Å². The van der Waals surface area contributed by atoms with Gasteiger partial charge in [-0.05, 0) is 18.6 Å². The van der Waals surface area contributed by atoms with Gasteiger partial charge in [-0.3, -0.25) is 4.79 Å². The van der Waals surface area contributed by atoms with E-state index in [2.05, 4.69) is 5.97 Å². The zero-order chi connectivity index (χ0) is 15.0. The molecule has 0 bridgehead atoms. The SMILES string of the molecule is CCB(C#N)CCCCN(C)c1ccc(C=O)c(O)c1. The smallest absolute Gasteiger partial charge is 0.267 e. The third-order valence-corrected chi connectivity index (χ3v) is 3.55. The van der Waals surface area contributed by atoms with E-state index in [1.165, 1.54) is 0 Å². The molecule has 0 saturated carbocycles. The molecule has 0 atom stereocenters. The molecule has 106 valence electrons. The molecule has 1 rings (SSSR count). The van der Waals surface area contributed by atoms with Gasteiger partial charge in [-0.2, -0.15) is 0 Å². The van der Waals surface area contributed by atoms with E-state index >= 15 is 0 Å². The van der Waals surface area contributed by atoms with Gasteiger partial charge in [0.15, 0.2) is 6.29 Å². The Labute approximate surface area is 121 Å². The fourth-order valence-corrected chi connectivity index (χ4v) is 2.10. The summed E-state index contributed by atoms with van der Waals surface area (Å²) in [6, 6.07) is 5.05. The van der Waals surface area contributed by atoms with E-state index in [0.717, 1.165) is 37.7 Å². The van der Waals surface area contributed by atoms with Crippen molar-refractivity contribution in [3.05, 3.63) is 23.8 Å². The van der Waals surface area contributed by atoms with Crippen molar-refractivity contribution in [3.63, 3.8) is 0 Å². The Morgan fingerprint density at radius 3 is 2.75 bits per heavy atom. The van der Waals surface area contributed by atoms with Crippen molar-refractivity contribution >= 4 is 18.7 Å². The van der Waals surface area contributed by atoms with Crippen LogP contribution in [0, 0.1) is 11.2 Å². The van der Waals surface area contributed by atoms with Gasteiger partial charge in [0.2, 0.25) is 0 Å². The maximum Gasteiger partial charge on any atom is 0.267 e. The minimum absolute atomic E-state index is 0.0138. The van der Waals surface area contributed by atoms with Gasteiger partial charge < -0.3 is 10.0 Å². The lowest BCUT2D eigenvalue weighted by Gasteiger charge is -2.19. The molecule has 0 aliphatic heterocycles. The fraction of sp³-hybridized carbons (Fsp3) is 0.467. The number of phenols is 1. The third-order valence-electron chi connectivity index (χ3n) is 3.55. The Kier molecular flexibility index (Phi) is 6.65. The molecule has 0 aliphatic carbocycles. The van der Waals surface area contributed by atoms with Crippen molar-refractivity contribution in [2.24, 2.45) is 0 Å². The van der Waals surface area contributed by atoms with Gasteiger partial charge in [0.25, 0.3) is 6.71 Å². The van der Waals surface area contributed by atoms with E-state index in [4.69, 9.17) is 5.26 Å². The topological polar surface area (TPSA) is 64.3 Å². The number of hydrogen-bond donors (Lipinski definition) is 1. The van der Waals surface area contributed by atoms with Gasteiger partial charge in [-0.15, -0.1) is 0 Å². The lowest BCUT2D eigenvalue weighted by atomic mass is 9.46. The van der Waals surface area contributed by atoms with E-state index in [0.29, 0.717) is 11.8 Å². The molecule has 0 saturated heterocycles. The fourth-order valence-electron chi connectivity index (χ4n) is 2.10. The van der Waals surface area contributed by atoms with Gasteiger partial charge in [-0.1, -0.05) is 26.0 Å². The molecule has 0 unspecified atom stereocenters. The molecular formula is C15H21BN2O2. The van der Waals surface area contributed by atoms with Crippen LogP contribution in [0.25, 0.3) is 0 Å². The van der Waals surface area contributed by atoms with Crippen molar-refractivity contribution in [3.8, 4) is 11.7 Å². The summed E-state index contributed by atoms with van der Waals surface area (Å²) in [5, 5.41) is 18.5. The highest BCUT2D eigenvalue weighted by molar-refractivity contribution is 6.66. The quantitative estimate of drug-likeness (QED) is 0.449. The highest BCUT2D eigenvalue weighted by atomic mass is 16.3. The van der Waals surface area contributed by atoms with Gasteiger partial charge in [0, 0.05) is 31.3 Å². The van der Waals surface area contributed by atoms with Crippen LogP contribution in [0.5, 0.6) is 5.75 Å². The van der Waals surface area contributed by atoms with Gasteiger partial charge in [0.1, 0.15) is 5.75 Å². The molecular weight excluding hydrogens is 251 g/mol. The molecule has 0 radical (unpaired) electrons. The molecule has 1 N–H and O–H groups in total. The first-order chi connectivity index (χ1) is 9.62. The van der Waals surface area contributed by atoms with Gasteiger partial charge in [0.05, 0.1) is 5.56 Å². The first kappa shape index (κ1) is 16.1. The Morgan fingerprint density at radius 1 is 1.45 bits per heavy atom. The molecule has 5 heteroatoms. The number of rotatable bonds is 8. The van der Waals surface area contributed by atoms with E-state index in [-0.39, 0.29) is 12.5 Å². The van der Waals surface area contributed by atoms with Crippen LogP contribution in [0.15, 0.2) is 18.2 Å². The average molecular weight is 272 g/mol. The number of hydrogen-bond acceptors (Lipinski definition) is 4. The lowest BCUT2D eigenvalue weighted by Crippen LogP contribution is -2.19. The number of nitriles is 1. The maximum absolute atomic E-state index is 10.6. The molecule has 0 amide bonds. The summed E-state index contributed by atoms with van der Waals surface area (Å²) in [5.74, 6) is 2.33. The van der Waals surface area contributed by atoms with E-state index in [9.17, 15) is 9.90 Å². The standard InChI is InChI=1S/C15H21BN2O2/c1-3-16(12-17)8-4-5-9-18(2)14-7-6-13(11-19)15(20)10-14/h6-7,10-11,20H,3-5,8-9H2,1-2H3. The van der Waals surface area contributed by atoms with Crippen LogP contribution < -0.4 is 4.90 Å². The average Bonchev–Trinajstić information content (AvgIpc) is 2.47. The van der Waals surface area contributed by atoms with E-state index in [1.807, 2.05) is 24.9 Å². The maximum atomic E-state index is 10.6. The zero-order valence-corrected chi connectivity index (χ0v) is 12.2. The first-order valence-electron chi connectivity index (χ1n) is 7.01. The Bertz CT molecular complexity index is 485. The third kappa shape index (κ3) is 4.62. The minimum Gasteiger partial charge on any atom is -0.507 e. The molecule has 1 aromatic rings. The number of carbonyl (C=O) groups excluding carboxylic acids is 1. The normalized spacial score (nSPS) is 9.85. The molecule has 0 spiro atoms. The van der Waals surface area contributed by atoms with Crippen LogP contribution in [0.2, 0.25) is 12.6 Å². The summed E-state index contributed by atoms with van der Waals surface area (Å²) in [5.41, 5.74) is 1.20. The van der Waals surface area contributed by atoms with Crippen LogP contribution in [0.4, 0.5) is 5.69 Å². The molecule has 0 aliphatic rings. The van der Waals surface area contributed by atoms with E-state index < -0.39 is 0 Å². The number of benzene rings is 1. The Morgan fingerprint density at radius 2 is 2.20 bits per heavy atom. The summed E-state index contributed by atoms with van der Waals surface area (Å²) in [4.78, 5) is 12.7. The summed E-state index contributed by atoms with van der Waals surface area (Å²) in [7, 11) is 1.96. The molecule has 0 fully saturated rings. The monoisotopic (exact) mass is 272 g/mol. The van der Waals surface area contributed by atoms with Crippen LogP contribution in [-0.4, -0.2) is 31.7 Å². The molecule has 0 aromatic heterocycles. The van der Waals surface area contributed by atoms with Crippen molar-refractivity contribution < 1.29 is 9.90 Å². The van der Waals surface area contributed by atoms with Gasteiger partial charge >= 0.3 is 0 Å². The van der Waals surface area contributed by atoms with Crippen molar-refractivity contribution in [2.75, 3.05) is 18.5 Å². The zero-order valence-electron chi connectivity index (χ0n) is 12.2. The molecule has 1 aromatic carbocycles. The van der Waals surface area contributed by atoms with Crippen molar-refractivity contribution in [2.45, 2.75) is 32.4 Å². The first-order valence-corrected chi connectivity index (χ1v) is 7.01. The predicted octanol–water partition coefficient (Wildman–Crippen LogP) is 3.00. The second-order valence-corrected chi connectivity index (χ2v) is 5.01. The van der Waals surface area contributed by atoms with E-state index in [1.54, 1.807) is 12.1 Å². The molecule has 4 nitrogen and oxygen atoms in total. The van der Waals surface area contributed by atoms with Crippen LogP contribution in [-0.2, 0) is 0 Å². The number of aromatic hydroxyl groups is 1. The Hall–Kier alpha value is -1.96. The summed E-state index contributed by atoms with van der Waals surface area (Å²) in [6.07, 6.45) is 4.52. The lowest BCUT2D eigenvalue weighted by molar-refractivity contribution is 0.112. The van der Waals surface area contributed by atoms with Crippen LogP contribution >= 0.6 is 0 Å². The van der Waals surface area contributed by atoms with Gasteiger partial charge in [-0.25, -0.2) is 5.26 Å². The second-order valence-electron chi connectivity index (χ2n) is 5.01. The number of phenolic OH excluding ortho intramolecular Hbond substituents is 1. The molecule has 0 heterocycles. The molecule has 20 heavy (non-hydrogen) atoms. The number of anilines is 1. The number of carbonyl (C=O) groups is 1. The minimum atomic E-state index is 0.0138. The second kappa shape index (κ2) is 8.26. The summed E-state index contributed by atoms with van der Waals surface area (Å²) < 4.78 is 0. The predicted molar refractivity (Wildman–Crippen MR) is 82.7 cm³/mol. The number of aldehydes is 1. The number of nitrogens with zero attached hydrogens (tertiary/aromatic N) is 2. The summed E-state index contributed by atoms with van der Waals surface area (Å²) >= 11 is 0.